The zero-order chi connectivity index (χ0) is 23.7. The topological polar surface area (TPSA) is 182 Å². The van der Waals surface area contributed by atoms with E-state index in [4.69, 9.17) is 11.5 Å². The molecule has 0 atom stereocenters. The van der Waals surface area contributed by atoms with Crippen LogP contribution in [-0.4, -0.2) is 48.6 Å². The first kappa shape index (κ1) is 21.9. The summed E-state index contributed by atoms with van der Waals surface area (Å²) in [7, 11) is -1.60. The molecule has 0 saturated heterocycles. The van der Waals surface area contributed by atoms with E-state index in [1.807, 2.05) is 6.92 Å². The summed E-state index contributed by atoms with van der Waals surface area (Å²) in [5, 5.41) is 29.8. The number of pyridine rings is 1. The molecule has 7 N–H and O–H groups in total. The number of nitrogens with zero attached hydrogens (tertiary/aromatic N) is 4. The summed E-state index contributed by atoms with van der Waals surface area (Å²) < 4.78 is 1.73. The normalized spacial score (nSPS) is 10.9. The first-order valence-electron chi connectivity index (χ1n) is 9.90. The Kier molecular flexibility index (Phi) is 5.77. The number of hydrogen-bond acceptors (Lipinski definition) is 8. The lowest BCUT2D eigenvalue weighted by Gasteiger charge is -2.11. The van der Waals surface area contributed by atoms with Crippen LogP contribution in [0.5, 0.6) is 0 Å². The molecule has 3 heterocycles. The molecule has 0 bridgehead atoms. The van der Waals surface area contributed by atoms with Crippen LogP contribution in [0.2, 0.25) is 0 Å². The second-order valence-corrected chi connectivity index (χ2v) is 7.39. The predicted octanol–water partition coefficient (Wildman–Crippen LogP) is -0.411. The maximum Gasteiger partial charge on any atom is 0.488 e. The minimum absolute atomic E-state index is 0.114. The molecule has 0 spiro atoms. The molecule has 0 aliphatic rings. The summed E-state index contributed by atoms with van der Waals surface area (Å²) in [6.45, 7) is 2.04. The summed E-state index contributed by atoms with van der Waals surface area (Å²) in [5.41, 5.74) is 14.1. The number of nitrogens with one attached hydrogen (secondary N) is 1. The monoisotopic (exact) mass is 445 g/mol. The van der Waals surface area contributed by atoms with E-state index in [0.29, 0.717) is 27.8 Å². The number of aryl methyl sites for hydroxylation is 1. The van der Waals surface area contributed by atoms with Crippen molar-refractivity contribution in [1.82, 2.24) is 19.6 Å². The summed E-state index contributed by atoms with van der Waals surface area (Å²) >= 11 is 0. The van der Waals surface area contributed by atoms with Gasteiger partial charge in [0.15, 0.2) is 11.5 Å². The molecule has 2 amide bonds. The highest BCUT2D eigenvalue weighted by molar-refractivity contribution is 6.58. The Morgan fingerprint density at radius 1 is 1.09 bits per heavy atom. The molecular weight excluding hydrogens is 425 g/mol. The number of anilines is 1. The van der Waals surface area contributed by atoms with Crippen molar-refractivity contribution in [3.8, 4) is 11.5 Å². The first-order chi connectivity index (χ1) is 15.8. The Balaban J connectivity index is 1.75. The lowest BCUT2D eigenvalue weighted by molar-refractivity contribution is 0.0989. The fraction of sp³-hybridized carbons (Fsp3) is 0.0952. The van der Waals surface area contributed by atoms with E-state index >= 15 is 0 Å². The number of hydrogen-bond donors (Lipinski definition) is 5. The highest BCUT2D eigenvalue weighted by atomic mass is 16.4. The van der Waals surface area contributed by atoms with Gasteiger partial charge in [0.05, 0.1) is 16.8 Å². The number of carbonyl (C=O) groups excluding carboxylic acids is 2. The number of rotatable bonds is 7. The Labute approximate surface area is 188 Å². The molecule has 0 saturated carbocycles. The number of nitrogens with two attached hydrogens (primary N) is 2. The van der Waals surface area contributed by atoms with E-state index in [2.05, 4.69) is 20.5 Å². The van der Waals surface area contributed by atoms with Gasteiger partial charge < -0.3 is 31.2 Å². The van der Waals surface area contributed by atoms with Gasteiger partial charge in [0.25, 0.3) is 11.8 Å². The maximum absolute atomic E-state index is 11.9. The van der Waals surface area contributed by atoms with Gasteiger partial charge in [-0.15, -0.1) is 10.2 Å². The number of primary amides is 2. The average molecular weight is 445 g/mol. The molecule has 4 aromatic rings. The Bertz CT molecular complexity index is 1390. The molecule has 0 radical (unpaired) electrons. The second kappa shape index (κ2) is 8.69. The van der Waals surface area contributed by atoms with Crippen molar-refractivity contribution in [3.05, 3.63) is 71.0 Å². The number of carbonyl (C=O) groups is 2. The fourth-order valence-electron chi connectivity index (χ4n) is 3.58. The predicted molar refractivity (Wildman–Crippen MR) is 122 cm³/mol. The number of fused-ring (bicyclic) bond motifs is 1. The van der Waals surface area contributed by atoms with E-state index in [0.717, 1.165) is 5.56 Å². The van der Waals surface area contributed by atoms with Crippen molar-refractivity contribution in [3.63, 3.8) is 0 Å². The van der Waals surface area contributed by atoms with Crippen LogP contribution < -0.4 is 22.2 Å². The van der Waals surface area contributed by atoms with Gasteiger partial charge in [0.2, 0.25) is 5.82 Å². The van der Waals surface area contributed by atoms with Gasteiger partial charge in [-0.05, 0) is 41.7 Å². The van der Waals surface area contributed by atoms with Gasteiger partial charge in [-0.25, -0.2) is 4.98 Å². The highest BCUT2D eigenvalue weighted by Crippen LogP contribution is 2.27. The van der Waals surface area contributed by atoms with Crippen molar-refractivity contribution in [1.29, 1.82) is 0 Å². The Morgan fingerprint density at radius 3 is 2.58 bits per heavy atom. The van der Waals surface area contributed by atoms with Gasteiger partial charge in [0.1, 0.15) is 0 Å². The molecule has 12 heteroatoms. The third kappa shape index (κ3) is 4.24. The third-order valence-corrected chi connectivity index (χ3v) is 5.11. The van der Waals surface area contributed by atoms with Gasteiger partial charge >= 0.3 is 7.12 Å². The van der Waals surface area contributed by atoms with Crippen LogP contribution >= 0.6 is 0 Å². The first-order valence-corrected chi connectivity index (χ1v) is 9.90. The van der Waals surface area contributed by atoms with E-state index in [-0.39, 0.29) is 23.9 Å². The molecular formula is C21H20BN7O4. The minimum atomic E-state index is -1.60. The standard InChI is InChI=1S/C21H20BN7O4/c1-11-8-15-14(18(23)30)6-3-7-29(15)17(11)21-26-20(16(19(24)31)27-28-21)25-10-12-4-2-5-13(9-12)22(32)33/h2-9,32-33H,10H2,1H3,(H2,23,30)(H2,24,31)(H,25,26,28). The van der Waals surface area contributed by atoms with Crippen LogP contribution in [0.1, 0.15) is 32.0 Å². The molecule has 0 aliphatic heterocycles. The lowest BCUT2D eigenvalue weighted by atomic mass is 9.80. The number of amides is 2. The quantitative estimate of drug-likeness (QED) is 0.238. The lowest BCUT2D eigenvalue weighted by Crippen LogP contribution is -2.30. The average Bonchev–Trinajstić information content (AvgIpc) is 3.13. The van der Waals surface area contributed by atoms with E-state index < -0.39 is 18.9 Å². The zero-order valence-corrected chi connectivity index (χ0v) is 17.6. The van der Waals surface area contributed by atoms with Crippen LogP contribution in [0, 0.1) is 6.92 Å². The van der Waals surface area contributed by atoms with Crippen LogP contribution in [0.3, 0.4) is 0 Å². The van der Waals surface area contributed by atoms with Crippen molar-refractivity contribution in [2.24, 2.45) is 11.5 Å². The molecule has 11 nitrogen and oxygen atoms in total. The Morgan fingerprint density at radius 2 is 1.88 bits per heavy atom. The van der Waals surface area contributed by atoms with Crippen molar-refractivity contribution < 1.29 is 19.6 Å². The summed E-state index contributed by atoms with van der Waals surface area (Å²) in [5.74, 6) is -1.05. The molecule has 0 aliphatic carbocycles. The highest BCUT2D eigenvalue weighted by Gasteiger charge is 2.20. The van der Waals surface area contributed by atoms with Crippen molar-refractivity contribution >= 4 is 35.7 Å². The molecule has 166 valence electrons. The Hall–Kier alpha value is -4.29. The van der Waals surface area contributed by atoms with Gasteiger partial charge in [-0.3, -0.25) is 9.59 Å². The van der Waals surface area contributed by atoms with Gasteiger partial charge in [0, 0.05) is 12.7 Å². The summed E-state index contributed by atoms with van der Waals surface area (Å²) in [6.07, 6.45) is 1.74. The zero-order valence-electron chi connectivity index (χ0n) is 17.6. The third-order valence-electron chi connectivity index (χ3n) is 5.11. The van der Waals surface area contributed by atoms with Gasteiger partial charge in [-0.1, -0.05) is 24.3 Å². The molecule has 4 rings (SSSR count). The summed E-state index contributed by atoms with van der Waals surface area (Å²) in [4.78, 5) is 28.2. The largest absolute Gasteiger partial charge is 0.488 e. The van der Waals surface area contributed by atoms with Crippen molar-refractivity contribution in [2.75, 3.05) is 5.32 Å². The smallest absolute Gasteiger partial charge is 0.423 e. The molecule has 0 unspecified atom stereocenters. The molecule has 3 aromatic heterocycles. The summed E-state index contributed by atoms with van der Waals surface area (Å²) in [6, 6.07) is 11.7. The van der Waals surface area contributed by atoms with E-state index in [1.54, 1.807) is 53.1 Å². The van der Waals surface area contributed by atoms with Crippen LogP contribution in [0.15, 0.2) is 48.7 Å². The number of benzene rings is 1. The molecule has 33 heavy (non-hydrogen) atoms. The maximum atomic E-state index is 11.9. The molecule has 0 fully saturated rings. The second-order valence-electron chi connectivity index (χ2n) is 7.39. The van der Waals surface area contributed by atoms with Crippen LogP contribution in [0.25, 0.3) is 17.0 Å². The minimum Gasteiger partial charge on any atom is -0.423 e. The fourth-order valence-corrected chi connectivity index (χ4v) is 3.58. The van der Waals surface area contributed by atoms with Crippen molar-refractivity contribution in [2.45, 2.75) is 13.5 Å². The van der Waals surface area contributed by atoms with E-state index in [9.17, 15) is 19.6 Å². The molecule has 1 aromatic carbocycles. The SMILES string of the molecule is Cc1cc2c(C(N)=O)cccn2c1-c1nnc(C(N)=O)c(NCc2cccc(B(O)O)c2)n1. The number of aromatic nitrogens is 4. The van der Waals surface area contributed by atoms with E-state index in [1.165, 1.54) is 0 Å². The van der Waals surface area contributed by atoms with Crippen LogP contribution in [-0.2, 0) is 6.54 Å². The van der Waals surface area contributed by atoms with Gasteiger partial charge in [-0.2, -0.15) is 0 Å². The van der Waals surface area contributed by atoms with Crippen LogP contribution in [0.4, 0.5) is 5.82 Å².